The summed E-state index contributed by atoms with van der Waals surface area (Å²) >= 11 is 0. The second-order valence-corrected chi connectivity index (χ2v) is 6.56. The summed E-state index contributed by atoms with van der Waals surface area (Å²) in [6, 6.07) is 1.33. The Morgan fingerprint density at radius 3 is 2.88 bits per heavy atom. The summed E-state index contributed by atoms with van der Waals surface area (Å²) in [5, 5.41) is 3.01. The average molecular weight is 258 g/mol. The molecule has 2 unspecified atom stereocenters. The smallest absolute Gasteiger partial charge is 0.150 e. The minimum Gasteiger partial charge on any atom is -0.313 e. The van der Waals surface area contributed by atoms with Gasteiger partial charge in [-0.2, -0.15) is 0 Å². The molecule has 0 aromatic carbocycles. The zero-order valence-corrected chi connectivity index (χ0v) is 10.4. The maximum atomic E-state index is 13.6. The van der Waals surface area contributed by atoms with Crippen LogP contribution in [-0.2, 0) is 9.84 Å². The number of halogens is 1. The van der Waals surface area contributed by atoms with Gasteiger partial charge in [-0.05, 0) is 25.5 Å². The fourth-order valence-electron chi connectivity index (χ4n) is 2.37. The second kappa shape index (κ2) is 4.70. The van der Waals surface area contributed by atoms with Crippen LogP contribution in [0.4, 0.5) is 4.39 Å². The number of hydrogen-bond donors (Lipinski definition) is 1. The lowest BCUT2D eigenvalue weighted by atomic mass is 9.93. The van der Waals surface area contributed by atoms with Gasteiger partial charge < -0.3 is 5.32 Å². The molecule has 2 rings (SSSR count). The number of aromatic nitrogens is 1. The molecule has 1 aliphatic rings. The van der Waals surface area contributed by atoms with E-state index in [9.17, 15) is 12.8 Å². The molecule has 2 atom stereocenters. The molecule has 1 aromatic heterocycles. The molecule has 1 aliphatic heterocycles. The standard InChI is InChI=1S/C11H15FN2O2S/c1-13-11(8-3-5-17(15,16)7-8)9-2-4-14-6-10(9)12/h2,4,6,8,11,13H,3,5,7H2,1H3. The van der Waals surface area contributed by atoms with Gasteiger partial charge in [-0.1, -0.05) is 0 Å². The largest absolute Gasteiger partial charge is 0.313 e. The van der Waals surface area contributed by atoms with Crippen LogP contribution in [0.15, 0.2) is 18.5 Å². The Kier molecular flexibility index (Phi) is 3.44. The molecule has 0 spiro atoms. The van der Waals surface area contributed by atoms with Crippen molar-refractivity contribution in [3.63, 3.8) is 0 Å². The minimum atomic E-state index is -2.95. The van der Waals surface area contributed by atoms with Gasteiger partial charge in [0.1, 0.15) is 5.82 Å². The molecular weight excluding hydrogens is 243 g/mol. The third-order valence-electron chi connectivity index (χ3n) is 3.19. The van der Waals surface area contributed by atoms with Crippen LogP contribution < -0.4 is 5.32 Å². The first-order chi connectivity index (χ1) is 8.03. The normalized spacial score (nSPS) is 24.7. The van der Waals surface area contributed by atoms with E-state index in [1.807, 2.05) is 0 Å². The zero-order chi connectivity index (χ0) is 12.5. The SMILES string of the molecule is CNC(c1ccncc1F)C1CCS(=O)(=O)C1. The molecule has 17 heavy (non-hydrogen) atoms. The van der Waals surface area contributed by atoms with Crippen molar-refractivity contribution in [1.82, 2.24) is 10.3 Å². The number of sulfone groups is 1. The van der Waals surface area contributed by atoms with Crippen LogP contribution in [0.1, 0.15) is 18.0 Å². The molecular formula is C11H15FN2O2S. The third kappa shape index (κ3) is 2.63. The molecule has 6 heteroatoms. The first-order valence-corrected chi connectivity index (χ1v) is 7.33. The van der Waals surface area contributed by atoms with E-state index in [-0.39, 0.29) is 23.5 Å². The Hall–Kier alpha value is -1.01. The summed E-state index contributed by atoms with van der Waals surface area (Å²) in [6.45, 7) is 0. The second-order valence-electron chi connectivity index (χ2n) is 4.33. The van der Waals surface area contributed by atoms with Gasteiger partial charge in [-0.15, -0.1) is 0 Å². The molecule has 0 bridgehead atoms. The van der Waals surface area contributed by atoms with E-state index in [4.69, 9.17) is 0 Å². The van der Waals surface area contributed by atoms with Crippen LogP contribution in [0.25, 0.3) is 0 Å². The van der Waals surface area contributed by atoms with Crippen molar-refractivity contribution < 1.29 is 12.8 Å². The molecule has 94 valence electrons. The van der Waals surface area contributed by atoms with Gasteiger partial charge >= 0.3 is 0 Å². The Morgan fingerprint density at radius 2 is 2.35 bits per heavy atom. The van der Waals surface area contributed by atoms with Crippen LogP contribution in [0, 0.1) is 11.7 Å². The summed E-state index contributed by atoms with van der Waals surface area (Å²) in [7, 11) is -1.23. The third-order valence-corrected chi connectivity index (χ3v) is 4.98. The van der Waals surface area contributed by atoms with Crippen molar-refractivity contribution in [2.24, 2.45) is 5.92 Å². The van der Waals surface area contributed by atoms with E-state index in [0.29, 0.717) is 12.0 Å². The minimum absolute atomic E-state index is 0.0677. The summed E-state index contributed by atoms with van der Waals surface area (Å²) in [5.74, 6) is -0.138. The molecule has 1 fully saturated rings. The Morgan fingerprint density at radius 1 is 1.59 bits per heavy atom. The van der Waals surface area contributed by atoms with Gasteiger partial charge in [0.05, 0.1) is 17.7 Å². The van der Waals surface area contributed by atoms with Crippen molar-refractivity contribution in [3.8, 4) is 0 Å². The summed E-state index contributed by atoms with van der Waals surface area (Å²) in [4.78, 5) is 3.70. The predicted molar refractivity (Wildman–Crippen MR) is 62.8 cm³/mol. The van der Waals surface area contributed by atoms with Gasteiger partial charge in [-0.3, -0.25) is 4.98 Å². The number of hydrogen-bond acceptors (Lipinski definition) is 4. The quantitative estimate of drug-likeness (QED) is 0.875. The molecule has 1 aromatic rings. The molecule has 0 amide bonds. The van der Waals surface area contributed by atoms with E-state index < -0.39 is 15.7 Å². The summed E-state index contributed by atoms with van der Waals surface area (Å²) < 4.78 is 36.5. The van der Waals surface area contributed by atoms with Crippen molar-refractivity contribution >= 4 is 9.84 Å². The van der Waals surface area contributed by atoms with Gasteiger partial charge in [0, 0.05) is 17.8 Å². The number of pyridine rings is 1. The lowest BCUT2D eigenvalue weighted by Crippen LogP contribution is -2.27. The van der Waals surface area contributed by atoms with Crippen molar-refractivity contribution in [2.45, 2.75) is 12.5 Å². The predicted octanol–water partition coefficient (Wildman–Crippen LogP) is 0.916. The van der Waals surface area contributed by atoms with Crippen LogP contribution in [0.2, 0.25) is 0 Å². The van der Waals surface area contributed by atoms with E-state index in [1.165, 1.54) is 6.20 Å². The first kappa shape index (κ1) is 12.4. The zero-order valence-electron chi connectivity index (χ0n) is 9.56. The van der Waals surface area contributed by atoms with Crippen molar-refractivity contribution in [1.29, 1.82) is 0 Å². The highest BCUT2D eigenvalue weighted by atomic mass is 32.2. The van der Waals surface area contributed by atoms with E-state index in [2.05, 4.69) is 10.3 Å². The fraction of sp³-hybridized carbons (Fsp3) is 0.545. The Bertz CT molecular complexity index is 504. The first-order valence-electron chi connectivity index (χ1n) is 5.50. The van der Waals surface area contributed by atoms with E-state index in [1.54, 1.807) is 13.1 Å². The maximum Gasteiger partial charge on any atom is 0.150 e. The molecule has 1 N–H and O–H groups in total. The summed E-state index contributed by atoms with van der Waals surface area (Å²) in [6.07, 6.45) is 3.25. The van der Waals surface area contributed by atoms with Crippen LogP contribution >= 0.6 is 0 Å². The van der Waals surface area contributed by atoms with Gasteiger partial charge in [-0.25, -0.2) is 12.8 Å². The van der Waals surface area contributed by atoms with Gasteiger partial charge in [0.25, 0.3) is 0 Å². The molecule has 2 heterocycles. The Labute approximate surface area is 100 Å². The van der Waals surface area contributed by atoms with Crippen LogP contribution in [0.5, 0.6) is 0 Å². The highest BCUT2D eigenvalue weighted by Gasteiger charge is 2.34. The monoisotopic (exact) mass is 258 g/mol. The maximum absolute atomic E-state index is 13.6. The molecule has 4 nitrogen and oxygen atoms in total. The topological polar surface area (TPSA) is 59.1 Å². The molecule has 0 saturated carbocycles. The Balaban J connectivity index is 2.26. The number of nitrogens with zero attached hydrogens (tertiary/aromatic N) is 1. The van der Waals surface area contributed by atoms with E-state index in [0.717, 1.165) is 6.20 Å². The fourth-order valence-corrected chi connectivity index (χ4v) is 4.21. The average Bonchev–Trinajstić information content (AvgIpc) is 2.63. The van der Waals surface area contributed by atoms with Crippen molar-refractivity contribution in [2.75, 3.05) is 18.6 Å². The highest BCUT2D eigenvalue weighted by Crippen LogP contribution is 2.31. The summed E-state index contributed by atoms with van der Waals surface area (Å²) in [5.41, 5.74) is 0.490. The molecule has 1 saturated heterocycles. The lowest BCUT2D eigenvalue weighted by Gasteiger charge is -2.22. The van der Waals surface area contributed by atoms with Crippen LogP contribution in [-0.4, -0.2) is 32.0 Å². The van der Waals surface area contributed by atoms with Crippen LogP contribution in [0.3, 0.4) is 0 Å². The van der Waals surface area contributed by atoms with Crippen molar-refractivity contribution in [3.05, 3.63) is 29.8 Å². The van der Waals surface area contributed by atoms with Gasteiger partial charge in [0.15, 0.2) is 9.84 Å². The van der Waals surface area contributed by atoms with Gasteiger partial charge in [0.2, 0.25) is 0 Å². The van der Waals surface area contributed by atoms with E-state index >= 15 is 0 Å². The number of nitrogens with one attached hydrogen (secondary N) is 1. The number of rotatable bonds is 3. The molecule has 0 radical (unpaired) electrons. The highest BCUT2D eigenvalue weighted by molar-refractivity contribution is 7.91. The lowest BCUT2D eigenvalue weighted by molar-refractivity contribution is 0.402. The molecule has 0 aliphatic carbocycles.